The van der Waals surface area contributed by atoms with Crippen molar-refractivity contribution >= 4 is 33.5 Å². The third kappa shape index (κ3) is 4.77. The molecule has 3 aromatic rings. The summed E-state index contributed by atoms with van der Waals surface area (Å²) in [6.07, 6.45) is 1.81. The van der Waals surface area contributed by atoms with Crippen molar-refractivity contribution in [3.8, 4) is 22.8 Å². The van der Waals surface area contributed by atoms with Crippen molar-refractivity contribution in [3.05, 3.63) is 62.7 Å². The second kappa shape index (κ2) is 9.39. The Morgan fingerprint density at radius 3 is 2.86 bits per heavy atom. The number of benzene rings is 2. The lowest BCUT2D eigenvalue weighted by Gasteiger charge is -2.18. The summed E-state index contributed by atoms with van der Waals surface area (Å²) >= 11 is 5.10. The summed E-state index contributed by atoms with van der Waals surface area (Å²) in [6.45, 7) is 2.28. The zero-order chi connectivity index (χ0) is 20.1. The molecule has 29 heavy (non-hydrogen) atoms. The van der Waals surface area contributed by atoms with Crippen LogP contribution in [0.25, 0.3) is 11.3 Å². The zero-order valence-electron chi connectivity index (χ0n) is 15.9. The van der Waals surface area contributed by atoms with E-state index in [9.17, 15) is 0 Å². The molecule has 1 aromatic heterocycles. The van der Waals surface area contributed by atoms with Crippen LogP contribution in [0.1, 0.15) is 5.56 Å². The van der Waals surface area contributed by atoms with Crippen molar-refractivity contribution in [3.63, 3.8) is 0 Å². The van der Waals surface area contributed by atoms with Crippen LogP contribution < -0.4 is 14.3 Å². The Labute approximate surface area is 181 Å². The van der Waals surface area contributed by atoms with Gasteiger partial charge in [-0.15, -0.1) is 11.3 Å². The average Bonchev–Trinajstić information content (AvgIpc) is 3.15. The molecule has 0 saturated heterocycles. The fourth-order valence-corrected chi connectivity index (χ4v) is 4.13. The standard InChI is InChI=1S/C21H20BrN3O3S/c1-26-8-7-23-21-25(18(14-29-21)16-3-2-4-17(22)12-16)24-13-15-5-6-19-20(11-15)28-10-9-27-19/h2-6,11-14H,7-10H2,1H3. The van der Waals surface area contributed by atoms with E-state index in [1.807, 2.05) is 41.2 Å². The number of aromatic nitrogens is 1. The summed E-state index contributed by atoms with van der Waals surface area (Å²) in [7, 11) is 1.67. The lowest BCUT2D eigenvalue weighted by atomic mass is 10.2. The molecule has 0 saturated carbocycles. The Balaban J connectivity index is 1.71. The Morgan fingerprint density at radius 1 is 1.17 bits per heavy atom. The van der Waals surface area contributed by atoms with E-state index in [-0.39, 0.29) is 0 Å². The first kappa shape index (κ1) is 19.9. The molecule has 4 rings (SSSR count). The minimum atomic E-state index is 0.558. The summed E-state index contributed by atoms with van der Waals surface area (Å²) in [5.74, 6) is 1.51. The summed E-state index contributed by atoms with van der Waals surface area (Å²) < 4.78 is 19.3. The highest BCUT2D eigenvalue weighted by Gasteiger charge is 2.12. The van der Waals surface area contributed by atoms with E-state index in [4.69, 9.17) is 19.3 Å². The second-order valence-electron chi connectivity index (χ2n) is 6.25. The maximum absolute atomic E-state index is 5.67. The van der Waals surface area contributed by atoms with E-state index in [0.29, 0.717) is 26.4 Å². The van der Waals surface area contributed by atoms with Crippen LogP contribution >= 0.6 is 27.3 Å². The van der Waals surface area contributed by atoms with Crippen LogP contribution in [-0.4, -0.2) is 44.4 Å². The fraction of sp³-hybridized carbons (Fsp3) is 0.238. The SMILES string of the molecule is COCCN=c1scc(-c2cccc(Br)c2)n1N=Cc1ccc2c(c1)OCCO2. The maximum atomic E-state index is 5.67. The third-order valence-electron chi connectivity index (χ3n) is 4.24. The minimum absolute atomic E-state index is 0.558. The van der Waals surface area contributed by atoms with Crippen LogP contribution in [0.15, 0.2) is 62.4 Å². The zero-order valence-corrected chi connectivity index (χ0v) is 18.3. The molecule has 150 valence electrons. The Kier molecular flexibility index (Phi) is 6.43. The fourth-order valence-electron chi connectivity index (χ4n) is 2.86. The number of hydrogen-bond donors (Lipinski definition) is 0. The first-order valence-electron chi connectivity index (χ1n) is 9.14. The van der Waals surface area contributed by atoms with Gasteiger partial charge < -0.3 is 14.2 Å². The quantitative estimate of drug-likeness (QED) is 0.398. The van der Waals surface area contributed by atoms with Gasteiger partial charge in [-0.25, -0.2) is 4.68 Å². The molecule has 0 unspecified atom stereocenters. The highest BCUT2D eigenvalue weighted by molar-refractivity contribution is 9.10. The lowest BCUT2D eigenvalue weighted by molar-refractivity contribution is 0.171. The molecule has 2 aromatic carbocycles. The molecule has 1 aliphatic heterocycles. The van der Waals surface area contributed by atoms with Gasteiger partial charge in [-0.2, -0.15) is 5.10 Å². The molecule has 6 nitrogen and oxygen atoms in total. The van der Waals surface area contributed by atoms with Crippen LogP contribution in [0.3, 0.4) is 0 Å². The van der Waals surface area contributed by atoms with Crippen LogP contribution in [0.5, 0.6) is 11.5 Å². The van der Waals surface area contributed by atoms with Gasteiger partial charge in [0.1, 0.15) is 13.2 Å². The molecule has 0 amide bonds. The number of ether oxygens (including phenoxy) is 3. The smallest absolute Gasteiger partial charge is 0.206 e. The van der Waals surface area contributed by atoms with Crippen molar-refractivity contribution in [2.75, 3.05) is 33.5 Å². The minimum Gasteiger partial charge on any atom is -0.486 e. The van der Waals surface area contributed by atoms with Crippen LogP contribution in [-0.2, 0) is 4.74 Å². The molecular weight excluding hydrogens is 454 g/mol. The summed E-state index contributed by atoms with van der Waals surface area (Å²) in [4.78, 5) is 5.44. The van der Waals surface area contributed by atoms with Gasteiger partial charge in [-0.05, 0) is 35.9 Å². The van der Waals surface area contributed by atoms with Gasteiger partial charge in [-0.1, -0.05) is 28.1 Å². The number of rotatable bonds is 6. The number of fused-ring (bicyclic) bond motifs is 1. The van der Waals surface area contributed by atoms with E-state index in [1.165, 1.54) is 0 Å². The van der Waals surface area contributed by atoms with Gasteiger partial charge in [-0.3, -0.25) is 4.99 Å². The Morgan fingerprint density at radius 2 is 2.03 bits per heavy atom. The molecule has 2 heterocycles. The molecular formula is C21H20BrN3O3S. The van der Waals surface area contributed by atoms with Crippen molar-refractivity contribution in [2.45, 2.75) is 0 Å². The second-order valence-corrected chi connectivity index (χ2v) is 8.00. The number of methoxy groups -OCH3 is 1. The number of halogens is 1. The van der Waals surface area contributed by atoms with Crippen LogP contribution in [0.4, 0.5) is 0 Å². The van der Waals surface area contributed by atoms with Gasteiger partial charge >= 0.3 is 0 Å². The van der Waals surface area contributed by atoms with E-state index in [2.05, 4.69) is 38.4 Å². The van der Waals surface area contributed by atoms with Gasteiger partial charge in [0, 0.05) is 22.5 Å². The average molecular weight is 474 g/mol. The molecule has 0 aliphatic carbocycles. The predicted octanol–water partition coefficient (Wildman–Crippen LogP) is 4.18. The Bertz CT molecular complexity index is 1090. The highest BCUT2D eigenvalue weighted by atomic mass is 79.9. The van der Waals surface area contributed by atoms with Crippen molar-refractivity contribution < 1.29 is 14.2 Å². The number of nitrogens with zero attached hydrogens (tertiary/aromatic N) is 3. The molecule has 0 spiro atoms. The largest absolute Gasteiger partial charge is 0.486 e. The molecule has 0 radical (unpaired) electrons. The lowest BCUT2D eigenvalue weighted by Crippen LogP contribution is -2.15. The molecule has 0 atom stereocenters. The topological polar surface area (TPSA) is 57.3 Å². The highest BCUT2D eigenvalue weighted by Crippen LogP contribution is 2.30. The molecule has 1 aliphatic rings. The first-order valence-corrected chi connectivity index (χ1v) is 10.8. The number of thiazole rings is 1. The van der Waals surface area contributed by atoms with Crippen molar-refractivity contribution in [2.24, 2.45) is 10.1 Å². The maximum Gasteiger partial charge on any atom is 0.206 e. The van der Waals surface area contributed by atoms with Crippen molar-refractivity contribution in [1.82, 2.24) is 4.68 Å². The van der Waals surface area contributed by atoms with Gasteiger partial charge in [0.15, 0.2) is 11.5 Å². The Hall–Kier alpha value is -2.42. The molecule has 0 bridgehead atoms. The molecule has 0 fully saturated rings. The van der Waals surface area contributed by atoms with E-state index in [1.54, 1.807) is 18.4 Å². The van der Waals surface area contributed by atoms with Gasteiger partial charge in [0.05, 0.1) is 25.1 Å². The number of hydrogen-bond acceptors (Lipinski definition) is 6. The van der Waals surface area contributed by atoms with E-state index >= 15 is 0 Å². The first-order chi connectivity index (χ1) is 14.2. The van der Waals surface area contributed by atoms with Gasteiger partial charge in [0.2, 0.25) is 4.80 Å². The van der Waals surface area contributed by atoms with Gasteiger partial charge in [0.25, 0.3) is 0 Å². The molecule has 8 heteroatoms. The van der Waals surface area contributed by atoms with E-state index < -0.39 is 0 Å². The summed E-state index contributed by atoms with van der Waals surface area (Å²) in [6, 6.07) is 13.9. The normalized spacial score (nSPS) is 13.9. The van der Waals surface area contributed by atoms with Crippen molar-refractivity contribution in [1.29, 1.82) is 0 Å². The van der Waals surface area contributed by atoms with E-state index in [0.717, 1.165) is 37.6 Å². The summed E-state index contributed by atoms with van der Waals surface area (Å²) in [5.41, 5.74) is 2.96. The van der Waals surface area contributed by atoms with Crippen LogP contribution in [0, 0.1) is 0 Å². The monoisotopic (exact) mass is 473 g/mol. The predicted molar refractivity (Wildman–Crippen MR) is 118 cm³/mol. The molecule has 0 N–H and O–H groups in total. The summed E-state index contributed by atoms with van der Waals surface area (Å²) in [5, 5.41) is 6.79. The van der Waals surface area contributed by atoms with Crippen LogP contribution in [0.2, 0.25) is 0 Å². The third-order valence-corrected chi connectivity index (χ3v) is 5.58.